The summed E-state index contributed by atoms with van der Waals surface area (Å²) in [6, 6.07) is 1.61. The number of nitrogens with zero attached hydrogens (tertiary/aromatic N) is 1. The number of aromatic nitrogens is 1. The number of rotatable bonds is 7. The zero-order chi connectivity index (χ0) is 14.3. The number of hydrogen-bond donors (Lipinski definition) is 2. The minimum absolute atomic E-state index is 0.278. The Morgan fingerprint density at radius 3 is 2.84 bits per heavy atom. The van der Waals surface area contributed by atoms with E-state index in [0.29, 0.717) is 41.0 Å². The van der Waals surface area contributed by atoms with Gasteiger partial charge in [0.25, 0.3) is 5.91 Å². The van der Waals surface area contributed by atoms with Gasteiger partial charge in [-0.05, 0) is 13.0 Å². The fourth-order valence-electron chi connectivity index (χ4n) is 1.41. The standard InChI is InChI=1S/C12H18ClN3O2S/c1-3-14-11-7-9(10(13)8-16-11)12(17)15-5-6-19(18)4-2/h7-8H,3-6H2,1-2H3,(H,14,16)(H,15,17). The van der Waals surface area contributed by atoms with Gasteiger partial charge in [0.05, 0.1) is 10.6 Å². The number of carbonyl (C=O) groups excluding carboxylic acids is 1. The second-order valence-corrected chi connectivity index (χ2v) is 6.04. The van der Waals surface area contributed by atoms with Crippen molar-refractivity contribution in [3.63, 3.8) is 0 Å². The Labute approximate surface area is 120 Å². The predicted molar refractivity (Wildman–Crippen MR) is 79.3 cm³/mol. The first-order chi connectivity index (χ1) is 9.08. The average Bonchev–Trinajstić information content (AvgIpc) is 2.40. The van der Waals surface area contributed by atoms with Crippen molar-refractivity contribution in [3.05, 3.63) is 22.8 Å². The number of carbonyl (C=O) groups is 1. The first-order valence-electron chi connectivity index (χ1n) is 6.11. The van der Waals surface area contributed by atoms with Crippen LogP contribution in [0.4, 0.5) is 5.82 Å². The van der Waals surface area contributed by atoms with E-state index in [1.807, 2.05) is 13.8 Å². The van der Waals surface area contributed by atoms with Crippen molar-refractivity contribution in [3.8, 4) is 0 Å². The van der Waals surface area contributed by atoms with Gasteiger partial charge in [0, 0.05) is 41.6 Å². The van der Waals surface area contributed by atoms with Gasteiger partial charge in [0.1, 0.15) is 5.82 Å². The number of amides is 1. The smallest absolute Gasteiger partial charge is 0.253 e. The Balaban J connectivity index is 2.65. The maximum atomic E-state index is 11.9. The van der Waals surface area contributed by atoms with Crippen LogP contribution in [0.15, 0.2) is 12.3 Å². The molecule has 0 spiro atoms. The summed E-state index contributed by atoms with van der Waals surface area (Å²) in [5.74, 6) is 1.37. The molecule has 19 heavy (non-hydrogen) atoms. The van der Waals surface area contributed by atoms with E-state index < -0.39 is 10.8 Å². The van der Waals surface area contributed by atoms with Crippen molar-refractivity contribution in [2.45, 2.75) is 13.8 Å². The summed E-state index contributed by atoms with van der Waals surface area (Å²) in [6.45, 7) is 4.87. The Morgan fingerprint density at radius 1 is 1.47 bits per heavy atom. The fourth-order valence-corrected chi connectivity index (χ4v) is 2.22. The van der Waals surface area contributed by atoms with Crippen molar-refractivity contribution in [2.75, 3.05) is 29.9 Å². The summed E-state index contributed by atoms with van der Waals surface area (Å²) in [6.07, 6.45) is 1.44. The molecule has 1 aromatic rings. The van der Waals surface area contributed by atoms with Crippen LogP contribution in [0.1, 0.15) is 24.2 Å². The van der Waals surface area contributed by atoms with E-state index in [4.69, 9.17) is 11.6 Å². The second kappa shape index (κ2) is 8.12. The van der Waals surface area contributed by atoms with Gasteiger partial charge in [-0.25, -0.2) is 4.98 Å². The van der Waals surface area contributed by atoms with Crippen LogP contribution in [0.2, 0.25) is 5.02 Å². The Bertz CT molecular complexity index is 468. The highest BCUT2D eigenvalue weighted by Gasteiger charge is 2.11. The molecule has 0 saturated heterocycles. The van der Waals surface area contributed by atoms with Crippen LogP contribution in [-0.4, -0.2) is 39.7 Å². The molecule has 0 saturated carbocycles. The summed E-state index contributed by atoms with van der Waals surface area (Å²) < 4.78 is 11.2. The highest BCUT2D eigenvalue weighted by atomic mass is 35.5. The molecular weight excluding hydrogens is 286 g/mol. The van der Waals surface area contributed by atoms with Gasteiger partial charge in [0.15, 0.2) is 0 Å². The highest BCUT2D eigenvalue weighted by Crippen LogP contribution is 2.17. The molecule has 1 unspecified atom stereocenters. The molecule has 1 atom stereocenters. The molecule has 0 aromatic carbocycles. The van der Waals surface area contributed by atoms with Crippen molar-refractivity contribution in [1.29, 1.82) is 0 Å². The molecule has 0 fully saturated rings. The van der Waals surface area contributed by atoms with Gasteiger partial charge in [0.2, 0.25) is 0 Å². The molecule has 0 aliphatic carbocycles. The SMILES string of the molecule is CCNc1cc(C(=O)NCCS(=O)CC)c(Cl)cn1. The molecule has 0 radical (unpaired) electrons. The number of anilines is 1. The van der Waals surface area contributed by atoms with E-state index in [2.05, 4.69) is 15.6 Å². The number of halogens is 1. The first-order valence-corrected chi connectivity index (χ1v) is 7.97. The van der Waals surface area contributed by atoms with Crippen molar-refractivity contribution in [2.24, 2.45) is 0 Å². The van der Waals surface area contributed by atoms with Crippen LogP contribution in [0.25, 0.3) is 0 Å². The van der Waals surface area contributed by atoms with Gasteiger partial charge >= 0.3 is 0 Å². The maximum absolute atomic E-state index is 11.9. The quantitative estimate of drug-likeness (QED) is 0.804. The van der Waals surface area contributed by atoms with Crippen molar-refractivity contribution < 1.29 is 9.00 Å². The molecule has 5 nitrogen and oxygen atoms in total. The minimum Gasteiger partial charge on any atom is -0.370 e. The van der Waals surface area contributed by atoms with Crippen molar-refractivity contribution in [1.82, 2.24) is 10.3 Å². The van der Waals surface area contributed by atoms with Crippen LogP contribution in [0, 0.1) is 0 Å². The van der Waals surface area contributed by atoms with E-state index in [9.17, 15) is 9.00 Å². The molecule has 0 aliphatic heterocycles. The Hall–Kier alpha value is -1.14. The average molecular weight is 304 g/mol. The van der Waals surface area contributed by atoms with E-state index in [0.717, 1.165) is 0 Å². The van der Waals surface area contributed by atoms with E-state index in [1.165, 1.54) is 6.20 Å². The lowest BCUT2D eigenvalue weighted by Crippen LogP contribution is -2.28. The number of pyridine rings is 1. The Morgan fingerprint density at radius 2 is 2.21 bits per heavy atom. The number of hydrogen-bond acceptors (Lipinski definition) is 4. The minimum atomic E-state index is -0.885. The first kappa shape index (κ1) is 15.9. The zero-order valence-electron chi connectivity index (χ0n) is 11.0. The number of nitrogens with one attached hydrogen (secondary N) is 2. The third-order valence-corrected chi connectivity index (χ3v) is 4.00. The molecule has 1 rings (SSSR count). The van der Waals surface area contributed by atoms with E-state index in [-0.39, 0.29) is 5.91 Å². The predicted octanol–water partition coefficient (Wildman–Crippen LogP) is 1.67. The lowest BCUT2D eigenvalue weighted by atomic mass is 10.2. The molecule has 7 heteroatoms. The molecular formula is C12H18ClN3O2S. The maximum Gasteiger partial charge on any atom is 0.253 e. The monoisotopic (exact) mass is 303 g/mol. The fraction of sp³-hybridized carbons (Fsp3) is 0.500. The summed E-state index contributed by atoms with van der Waals surface area (Å²) in [5.41, 5.74) is 0.370. The third kappa shape index (κ3) is 5.16. The molecule has 0 aliphatic rings. The van der Waals surface area contributed by atoms with Crippen LogP contribution in [-0.2, 0) is 10.8 Å². The normalized spacial score (nSPS) is 11.9. The van der Waals surface area contributed by atoms with E-state index >= 15 is 0 Å². The molecule has 106 valence electrons. The van der Waals surface area contributed by atoms with Gasteiger partial charge < -0.3 is 10.6 Å². The molecule has 0 bridgehead atoms. The molecule has 1 aromatic heterocycles. The van der Waals surface area contributed by atoms with Gasteiger partial charge in [-0.3, -0.25) is 9.00 Å². The van der Waals surface area contributed by atoms with Gasteiger partial charge in [-0.15, -0.1) is 0 Å². The van der Waals surface area contributed by atoms with Crippen molar-refractivity contribution >= 4 is 34.1 Å². The summed E-state index contributed by atoms with van der Waals surface area (Å²) >= 11 is 5.95. The van der Waals surface area contributed by atoms with Crippen LogP contribution in [0.5, 0.6) is 0 Å². The van der Waals surface area contributed by atoms with Gasteiger partial charge in [-0.2, -0.15) is 0 Å². The van der Waals surface area contributed by atoms with E-state index in [1.54, 1.807) is 6.07 Å². The second-order valence-electron chi connectivity index (χ2n) is 3.77. The highest BCUT2D eigenvalue weighted by molar-refractivity contribution is 7.84. The summed E-state index contributed by atoms with van der Waals surface area (Å²) in [7, 11) is -0.885. The van der Waals surface area contributed by atoms with Crippen LogP contribution >= 0.6 is 11.6 Å². The lowest BCUT2D eigenvalue weighted by Gasteiger charge is -2.08. The molecule has 1 heterocycles. The summed E-state index contributed by atoms with van der Waals surface area (Å²) in [4.78, 5) is 16.0. The topological polar surface area (TPSA) is 71.1 Å². The zero-order valence-corrected chi connectivity index (χ0v) is 12.6. The largest absolute Gasteiger partial charge is 0.370 e. The summed E-state index contributed by atoms with van der Waals surface area (Å²) in [5, 5.41) is 6.02. The lowest BCUT2D eigenvalue weighted by molar-refractivity contribution is 0.0956. The van der Waals surface area contributed by atoms with Crippen LogP contribution in [0.3, 0.4) is 0 Å². The van der Waals surface area contributed by atoms with Crippen LogP contribution < -0.4 is 10.6 Å². The molecule has 1 amide bonds. The van der Waals surface area contributed by atoms with Gasteiger partial charge in [-0.1, -0.05) is 18.5 Å². The molecule has 2 N–H and O–H groups in total. The third-order valence-electron chi connectivity index (χ3n) is 2.40. The Kier molecular flexibility index (Phi) is 6.80.